The molecule has 3 atom stereocenters. The molecule has 1 N–H and O–H groups in total. The van der Waals surface area contributed by atoms with Gasteiger partial charge in [0, 0.05) is 31.3 Å². The summed E-state index contributed by atoms with van der Waals surface area (Å²) in [6.07, 6.45) is 7.79. The highest BCUT2D eigenvalue weighted by molar-refractivity contribution is 5.77. The van der Waals surface area contributed by atoms with Gasteiger partial charge in [-0.15, -0.1) is 0 Å². The predicted octanol–water partition coefficient (Wildman–Crippen LogP) is 2.36. The molecule has 1 aliphatic carbocycles. The van der Waals surface area contributed by atoms with E-state index in [0.717, 1.165) is 44.4 Å². The number of aliphatic hydroxyl groups is 1. The molecular weight excluding hydrogens is 254 g/mol. The Kier molecular flexibility index (Phi) is 4.10. The third-order valence-electron chi connectivity index (χ3n) is 4.81. The van der Waals surface area contributed by atoms with E-state index in [0.29, 0.717) is 18.8 Å². The van der Waals surface area contributed by atoms with Gasteiger partial charge in [0.25, 0.3) is 0 Å². The van der Waals surface area contributed by atoms with Crippen LogP contribution in [0.3, 0.4) is 0 Å². The third kappa shape index (κ3) is 2.75. The van der Waals surface area contributed by atoms with Gasteiger partial charge < -0.3 is 14.4 Å². The van der Waals surface area contributed by atoms with Gasteiger partial charge in [-0.3, -0.25) is 4.79 Å². The monoisotopic (exact) mass is 277 g/mol. The molecule has 1 aromatic rings. The standard InChI is InChI=1S/C16H23NO3/c18-15-7-1-5-13(15)14-6-2-10-17(14)16(19)9-8-12-4-3-11-20-12/h3-4,11,13-15,18H,1-2,5-10H2. The Hall–Kier alpha value is -1.29. The van der Waals surface area contributed by atoms with Gasteiger partial charge in [0.15, 0.2) is 0 Å². The van der Waals surface area contributed by atoms with Gasteiger partial charge >= 0.3 is 0 Å². The summed E-state index contributed by atoms with van der Waals surface area (Å²) in [6, 6.07) is 4.03. The van der Waals surface area contributed by atoms with E-state index in [1.807, 2.05) is 17.0 Å². The van der Waals surface area contributed by atoms with Crippen molar-refractivity contribution in [3.05, 3.63) is 24.2 Å². The lowest BCUT2D eigenvalue weighted by Crippen LogP contribution is -2.42. The van der Waals surface area contributed by atoms with Crippen LogP contribution in [-0.2, 0) is 11.2 Å². The zero-order valence-corrected chi connectivity index (χ0v) is 11.8. The van der Waals surface area contributed by atoms with Gasteiger partial charge in [0.1, 0.15) is 5.76 Å². The van der Waals surface area contributed by atoms with Gasteiger partial charge in [-0.1, -0.05) is 6.42 Å². The minimum atomic E-state index is -0.210. The lowest BCUT2D eigenvalue weighted by molar-refractivity contribution is -0.133. The van der Waals surface area contributed by atoms with Crippen molar-refractivity contribution in [2.75, 3.05) is 6.54 Å². The summed E-state index contributed by atoms with van der Waals surface area (Å²) in [5.41, 5.74) is 0. The van der Waals surface area contributed by atoms with Crippen LogP contribution in [0.5, 0.6) is 0 Å². The molecule has 1 saturated heterocycles. The average Bonchev–Trinajstić information content (AvgIpc) is 3.16. The number of hydrogen-bond acceptors (Lipinski definition) is 3. The average molecular weight is 277 g/mol. The second-order valence-electron chi connectivity index (χ2n) is 6.04. The first-order valence-electron chi connectivity index (χ1n) is 7.75. The maximum absolute atomic E-state index is 12.4. The molecule has 1 aromatic heterocycles. The lowest BCUT2D eigenvalue weighted by atomic mass is 9.94. The molecule has 0 radical (unpaired) electrons. The summed E-state index contributed by atoms with van der Waals surface area (Å²) in [7, 11) is 0. The normalized spacial score (nSPS) is 30.1. The minimum absolute atomic E-state index is 0.210. The number of rotatable bonds is 4. The number of aliphatic hydroxyl groups excluding tert-OH is 1. The summed E-state index contributed by atoms with van der Waals surface area (Å²) in [6.45, 7) is 0.852. The maximum Gasteiger partial charge on any atom is 0.223 e. The fourth-order valence-electron chi connectivity index (χ4n) is 3.79. The number of carbonyl (C=O) groups is 1. The molecule has 2 heterocycles. The number of aryl methyl sites for hydroxylation is 1. The smallest absolute Gasteiger partial charge is 0.223 e. The van der Waals surface area contributed by atoms with Crippen molar-refractivity contribution in [1.29, 1.82) is 0 Å². The van der Waals surface area contributed by atoms with Crippen molar-refractivity contribution in [2.24, 2.45) is 5.92 Å². The highest BCUT2D eigenvalue weighted by Crippen LogP contribution is 2.36. The number of hydrogen-bond donors (Lipinski definition) is 1. The summed E-state index contributed by atoms with van der Waals surface area (Å²) >= 11 is 0. The predicted molar refractivity (Wildman–Crippen MR) is 75.1 cm³/mol. The molecule has 1 aliphatic heterocycles. The van der Waals surface area contributed by atoms with E-state index in [1.165, 1.54) is 0 Å². The summed E-state index contributed by atoms with van der Waals surface area (Å²) in [5, 5.41) is 10.1. The minimum Gasteiger partial charge on any atom is -0.469 e. The molecule has 4 nitrogen and oxygen atoms in total. The Morgan fingerprint density at radius 1 is 1.35 bits per heavy atom. The Balaban J connectivity index is 1.58. The van der Waals surface area contributed by atoms with Gasteiger partial charge in [-0.05, 0) is 37.8 Å². The van der Waals surface area contributed by atoms with E-state index in [2.05, 4.69) is 0 Å². The van der Waals surface area contributed by atoms with E-state index < -0.39 is 0 Å². The molecule has 2 aliphatic rings. The quantitative estimate of drug-likeness (QED) is 0.919. The van der Waals surface area contributed by atoms with Crippen LogP contribution < -0.4 is 0 Å². The summed E-state index contributed by atoms with van der Waals surface area (Å²) in [5.74, 6) is 1.38. The lowest BCUT2D eigenvalue weighted by Gasteiger charge is -2.31. The van der Waals surface area contributed by atoms with Gasteiger partial charge in [-0.2, -0.15) is 0 Å². The topological polar surface area (TPSA) is 53.7 Å². The Morgan fingerprint density at radius 2 is 2.25 bits per heavy atom. The zero-order chi connectivity index (χ0) is 13.9. The van der Waals surface area contributed by atoms with Crippen molar-refractivity contribution in [3.8, 4) is 0 Å². The Morgan fingerprint density at radius 3 is 2.95 bits per heavy atom. The van der Waals surface area contributed by atoms with Crippen molar-refractivity contribution in [3.63, 3.8) is 0 Å². The largest absolute Gasteiger partial charge is 0.469 e. The summed E-state index contributed by atoms with van der Waals surface area (Å²) < 4.78 is 5.28. The van der Waals surface area contributed by atoms with Crippen LogP contribution in [0.15, 0.2) is 22.8 Å². The molecule has 1 saturated carbocycles. The van der Waals surface area contributed by atoms with Crippen LogP contribution in [0.4, 0.5) is 0 Å². The van der Waals surface area contributed by atoms with Crippen molar-refractivity contribution in [2.45, 2.75) is 57.1 Å². The van der Waals surface area contributed by atoms with Crippen LogP contribution in [0.2, 0.25) is 0 Å². The van der Waals surface area contributed by atoms with E-state index in [-0.39, 0.29) is 18.1 Å². The first kappa shape index (κ1) is 13.7. The molecule has 4 heteroatoms. The SMILES string of the molecule is O=C(CCc1ccco1)N1CCCC1C1CCCC1O. The Labute approximate surface area is 119 Å². The second-order valence-corrected chi connectivity index (χ2v) is 6.04. The van der Waals surface area contributed by atoms with Crippen LogP contribution in [0, 0.1) is 5.92 Å². The molecule has 2 fully saturated rings. The number of amides is 1. The molecule has 0 bridgehead atoms. The van der Waals surface area contributed by atoms with Crippen molar-refractivity contribution >= 4 is 5.91 Å². The highest BCUT2D eigenvalue weighted by atomic mass is 16.3. The van der Waals surface area contributed by atoms with Crippen LogP contribution in [-0.4, -0.2) is 34.6 Å². The van der Waals surface area contributed by atoms with E-state index in [1.54, 1.807) is 6.26 Å². The second kappa shape index (κ2) is 6.00. The number of likely N-dealkylation sites (tertiary alicyclic amines) is 1. The molecule has 3 rings (SSSR count). The van der Waals surface area contributed by atoms with Crippen molar-refractivity contribution < 1.29 is 14.3 Å². The van der Waals surface area contributed by atoms with Crippen LogP contribution >= 0.6 is 0 Å². The third-order valence-corrected chi connectivity index (χ3v) is 4.81. The Bertz CT molecular complexity index is 443. The first-order chi connectivity index (χ1) is 9.75. The molecular formula is C16H23NO3. The first-order valence-corrected chi connectivity index (χ1v) is 7.75. The van der Waals surface area contributed by atoms with E-state index in [9.17, 15) is 9.90 Å². The maximum atomic E-state index is 12.4. The van der Waals surface area contributed by atoms with Gasteiger partial charge in [0.2, 0.25) is 5.91 Å². The number of carbonyl (C=O) groups excluding carboxylic acids is 1. The highest BCUT2D eigenvalue weighted by Gasteiger charge is 2.39. The number of furan rings is 1. The van der Waals surface area contributed by atoms with Crippen LogP contribution in [0.25, 0.3) is 0 Å². The fraction of sp³-hybridized carbons (Fsp3) is 0.688. The molecule has 20 heavy (non-hydrogen) atoms. The molecule has 1 amide bonds. The molecule has 0 aromatic carbocycles. The summed E-state index contributed by atoms with van der Waals surface area (Å²) in [4.78, 5) is 14.4. The van der Waals surface area contributed by atoms with E-state index in [4.69, 9.17) is 4.42 Å². The molecule has 0 spiro atoms. The van der Waals surface area contributed by atoms with Crippen molar-refractivity contribution in [1.82, 2.24) is 4.90 Å². The van der Waals surface area contributed by atoms with Gasteiger partial charge in [0.05, 0.1) is 12.4 Å². The molecule has 110 valence electrons. The van der Waals surface area contributed by atoms with Crippen LogP contribution in [0.1, 0.15) is 44.3 Å². The fourth-order valence-corrected chi connectivity index (χ4v) is 3.79. The van der Waals surface area contributed by atoms with Gasteiger partial charge in [-0.25, -0.2) is 0 Å². The van der Waals surface area contributed by atoms with E-state index >= 15 is 0 Å². The number of nitrogens with zero attached hydrogens (tertiary/aromatic N) is 1. The zero-order valence-electron chi connectivity index (χ0n) is 11.8. The molecule has 3 unspecified atom stereocenters.